The molecule has 3 N–H and O–H groups in total. The highest BCUT2D eigenvalue weighted by Gasteiger charge is 2.18. The molecule has 0 saturated carbocycles. The summed E-state index contributed by atoms with van der Waals surface area (Å²) in [5.41, 5.74) is 5.63. The fourth-order valence-electron chi connectivity index (χ4n) is 1.32. The number of nitrogens with one attached hydrogen (secondary N) is 1. The predicted molar refractivity (Wildman–Crippen MR) is 67.9 cm³/mol. The monoisotopic (exact) mass is 257 g/mol. The van der Waals surface area contributed by atoms with E-state index in [4.69, 9.17) is 10.5 Å². The molecule has 1 aromatic heterocycles. The summed E-state index contributed by atoms with van der Waals surface area (Å²) in [5.74, 6) is -0.215. The van der Waals surface area contributed by atoms with Crippen molar-refractivity contribution in [3.8, 4) is 0 Å². The van der Waals surface area contributed by atoms with Crippen molar-refractivity contribution in [1.29, 1.82) is 0 Å². The van der Waals surface area contributed by atoms with Crippen LogP contribution in [-0.2, 0) is 16.0 Å². The average molecular weight is 257 g/mol. The van der Waals surface area contributed by atoms with Crippen molar-refractivity contribution in [2.24, 2.45) is 5.73 Å². The summed E-state index contributed by atoms with van der Waals surface area (Å²) in [6.45, 7) is 4.20. The summed E-state index contributed by atoms with van der Waals surface area (Å²) in [6.07, 6.45) is 2.80. The van der Waals surface area contributed by atoms with Crippen LogP contribution in [0.4, 0.5) is 0 Å². The Bertz CT molecular complexity index is 367. The molecule has 17 heavy (non-hydrogen) atoms. The van der Waals surface area contributed by atoms with Gasteiger partial charge in [0.1, 0.15) is 11.0 Å². The number of thiazole rings is 1. The molecule has 0 aromatic carbocycles. The molecule has 0 saturated heterocycles. The Hall–Kier alpha value is -0.980. The van der Waals surface area contributed by atoms with E-state index in [0.29, 0.717) is 0 Å². The van der Waals surface area contributed by atoms with Gasteiger partial charge in [-0.25, -0.2) is 4.98 Å². The minimum absolute atomic E-state index is 0.115. The minimum atomic E-state index is -0.631. The summed E-state index contributed by atoms with van der Waals surface area (Å²) in [5, 5.41) is 3.72. The van der Waals surface area contributed by atoms with Gasteiger partial charge in [0, 0.05) is 18.2 Å². The molecule has 1 aromatic rings. The maximum absolute atomic E-state index is 11.7. The second-order valence-electron chi connectivity index (χ2n) is 3.81. The van der Waals surface area contributed by atoms with Crippen molar-refractivity contribution < 1.29 is 9.53 Å². The lowest BCUT2D eigenvalue weighted by molar-refractivity contribution is -0.124. The summed E-state index contributed by atoms with van der Waals surface area (Å²) in [6, 6.07) is -0.747. The van der Waals surface area contributed by atoms with E-state index in [2.05, 4.69) is 17.2 Å². The Kier molecular flexibility index (Phi) is 5.54. The smallest absolute Gasteiger partial charge is 0.239 e. The molecule has 0 aliphatic carbocycles. The van der Waals surface area contributed by atoms with E-state index in [1.165, 1.54) is 12.0 Å². The van der Waals surface area contributed by atoms with Crippen molar-refractivity contribution >= 4 is 17.2 Å². The number of aromatic nitrogens is 1. The zero-order valence-electron chi connectivity index (χ0n) is 10.4. The summed E-state index contributed by atoms with van der Waals surface area (Å²) >= 11 is 1.61. The van der Waals surface area contributed by atoms with Gasteiger partial charge in [0.05, 0.1) is 12.6 Å². The number of nitrogens with two attached hydrogens (primary N) is 1. The van der Waals surface area contributed by atoms with E-state index < -0.39 is 6.04 Å². The Morgan fingerprint density at radius 3 is 2.94 bits per heavy atom. The second kappa shape index (κ2) is 6.68. The van der Waals surface area contributed by atoms with E-state index >= 15 is 0 Å². The zero-order chi connectivity index (χ0) is 12.8. The normalized spacial score (nSPS) is 14.4. The van der Waals surface area contributed by atoms with E-state index in [0.717, 1.165) is 11.4 Å². The molecule has 0 bridgehead atoms. The number of ether oxygens (including phenoxy) is 1. The van der Waals surface area contributed by atoms with Crippen LogP contribution < -0.4 is 11.1 Å². The fraction of sp³-hybridized carbons (Fsp3) is 0.636. The number of carbonyl (C=O) groups is 1. The molecular weight excluding hydrogens is 238 g/mol. The second-order valence-corrected chi connectivity index (χ2v) is 4.96. The van der Waals surface area contributed by atoms with Crippen LogP contribution in [-0.4, -0.2) is 30.6 Å². The van der Waals surface area contributed by atoms with Crippen LogP contribution in [0.25, 0.3) is 0 Å². The quantitative estimate of drug-likeness (QED) is 0.792. The molecule has 0 radical (unpaired) electrons. The highest BCUT2D eigenvalue weighted by Crippen LogP contribution is 2.20. The summed E-state index contributed by atoms with van der Waals surface area (Å²) in [4.78, 5) is 17.1. The highest BCUT2D eigenvalue weighted by molar-refractivity contribution is 7.11. The number of methoxy groups -OCH3 is 1. The molecule has 96 valence electrons. The summed E-state index contributed by atoms with van der Waals surface area (Å²) in [7, 11) is 1.52. The van der Waals surface area contributed by atoms with Crippen LogP contribution in [0.2, 0.25) is 0 Å². The van der Waals surface area contributed by atoms with Gasteiger partial charge >= 0.3 is 0 Å². The van der Waals surface area contributed by atoms with Crippen LogP contribution in [0.15, 0.2) is 6.20 Å². The van der Waals surface area contributed by atoms with Gasteiger partial charge in [-0.15, -0.1) is 11.3 Å². The third-order valence-corrected chi connectivity index (χ3v) is 3.66. The molecule has 2 atom stereocenters. The molecule has 6 heteroatoms. The fourth-order valence-corrected chi connectivity index (χ4v) is 2.18. The van der Waals surface area contributed by atoms with Gasteiger partial charge in [-0.3, -0.25) is 4.79 Å². The first kappa shape index (κ1) is 14.1. The SMILES string of the molecule is CCc1cnc(C(C)NC(=O)C(N)COC)s1. The predicted octanol–water partition coefficient (Wildman–Crippen LogP) is 0.856. The number of amides is 1. The molecule has 0 spiro atoms. The molecule has 1 rings (SSSR count). The first-order valence-electron chi connectivity index (χ1n) is 5.58. The Balaban J connectivity index is 2.53. The number of nitrogens with zero attached hydrogens (tertiary/aromatic N) is 1. The first-order valence-corrected chi connectivity index (χ1v) is 6.39. The van der Waals surface area contributed by atoms with Crippen LogP contribution in [0, 0.1) is 0 Å². The van der Waals surface area contributed by atoms with Crippen molar-refractivity contribution in [2.75, 3.05) is 13.7 Å². The van der Waals surface area contributed by atoms with Crippen LogP contribution in [0.5, 0.6) is 0 Å². The van der Waals surface area contributed by atoms with Crippen molar-refractivity contribution in [3.63, 3.8) is 0 Å². The van der Waals surface area contributed by atoms with Crippen LogP contribution in [0.1, 0.15) is 29.8 Å². The highest BCUT2D eigenvalue weighted by atomic mass is 32.1. The number of hydrogen-bond donors (Lipinski definition) is 2. The molecule has 2 unspecified atom stereocenters. The lowest BCUT2D eigenvalue weighted by atomic mass is 10.2. The number of rotatable bonds is 6. The zero-order valence-corrected chi connectivity index (χ0v) is 11.2. The number of aryl methyl sites for hydroxylation is 1. The first-order chi connectivity index (χ1) is 8.08. The summed E-state index contributed by atoms with van der Waals surface area (Å²) < 4.78 is 4.83. The Morgan fingerprint density at radius 2 is 2.41 bits per heavy atom. The van der Waals surface area contributed by atoms with Crippen molar-refractivity contribution in [1.82, 2.24) is 10.3 Å². The molecule has 0 aliphatic heterocycles. The van der Waals surface area contributed by atoms with E-state index in [9.17, 15) is 4.79 Å². The molecule has 0 aliphatic rings. The number of hydrogen-bond acceptors (Lipinski definition) is 5. The Labute approximate surface area is 105 Å². The van der Waals surface area contributed by atoms with Crippen LogP contribution >= 0.6 is 11.3 Å². The van der Waals surface area contributed by atoms with Gasteiger partial charge in [-0.1, -0.05) is 6.92 Å². The topological polar surface area (TPSA) is 77.2 Å². The van der Waals surface area contributed by atoms with E-state index in [-0.39, 0.29) is 18.6 Å². The lowest BCUT2D eigenvalue weighted by Crippen LogP contribution is -2.44. The van der Waals surface area contributed by atoms with E-state index in [1.54, 1.807) is 11.3 Å². The van der Waals surface area contributed by atoms with Gasteiger partial charge < -0.3 is 15.8 Å². The van der Waals surface area contributed by atoms with Gasteiger partial charge in [0.15, 0.2) is 0 Å². The third-order valence-electron chi connectivity index (χ3n) is 2.33. The largest absolute Gasteiger partial charge is 0.383 e. The maximum atomic E-state index is 11.7. The molecular formula is C11H19N3O2S. The molecule has 0 fully saturated rings. The minimum Gasteiger partial charge on any atom is -0.383 e. The van der Waals surface area contributed by atoms with E-state index in [1.807, 2.05) is 13.1 Å². The maximum Gasteiger partial charge on any atom is 0.239 e. The third kappa shape index (κ3) is 4.07. The Morgan fingerprint density at radius 1 is 1.71 bits per heavy atom. The van der Waals surface area contributed by atoms with Gasteiger partial charge in [0.25, 0.3) is 0 Å². The van der Waals surface area contributed by atoms with Crippen molar-refractivity contribution in [3.05, 3.63) is 16.1 Å². The van der Waals surface area contributed by atoms with Crippen molar-refractivity contribution in [2.45, 2.75) is 32.4 Å². The average Bonchev–Trinajstić information content (AvgIpc) is 2.77. The standard InChI is InChI=1S/C11H19N3O2S/c1-4-8-5-13-11(17-8)7(2)14-10(15)9(12)6-16-3/h5,7,9H,4,6,12H2,1-3H3,(H,14,15). The van der Waals surface area contributed by atoms with Gasteiger partial charge in [-0.2, -0.15) is 0 Å². The number of carbonyl (C=O) groups excluding carboxylic acids is 1. The molecule has 5 nitrogen and oxygen atoms in total. The molecule has 1 amide bonds. The van der Waals surface area contributed by atoms with Gasteiger partial charge in [-0.05, 0) is 13.3 Å². The molecule has 1 heterocycles. The van der Waals surface area contributed by atoms with Gasteiger partial charge in [0.2, 0.25) is 5.91 Å². The lowest BCUT2D eigenvalue weighted by Gasteiger charge is -2.15. The van der Waals surface area contributed by atoms with Crippen LogP contribution in [0.3, 0.4) is 0 Å².